The number of nitrogens with zero attached hydrogens (tertiary/aromatic N) is 1. The van der Waals surface area contributed by atoms with Gasteiger partial charge in [-0.05, 0) is 18.6 Å². The summed E-state index contributed by atoms with van der Waals surface area (Å²) in [5.74, 6) is 0.0412. The standard InChI is InChI=1S/C15H24N2O3/c1-11(15(19-4)20-5)16-14-9-7-6-8-13(14)10-17(3)12(2)18/h6-9,11,15-16H,10H2,1-5H3. The fraction of sp³-hybridized carbons (Fsp3) is 0.533. The maximum atomic E-state index is 11.3. The number of hydrogen-bond donors (Lipinski definition) is 1. The zero-order valence-corrected chi connectivity index (χ0v) is 12.8. The number of nitrogens with one attached hydrogen (secondary N) is 1. The molecular formula is C15H24N2O3. The van der Waals surface area contributed by atoms with Crippen LogP contribution in [0.2, 0.25) is 0 Å². The van der Waals surface area contributed by atoms with Crippen molar-refractivity contribution in [3.8, 4) is 0 Å². The van der Waals surface area contributed by atoms with E-state index in [-0.39, 0.29) is 18.2 Å². The second kappa shape index (κ2) is 7.87. The van der Waals surface area contributed by atoms with Crippen molar-refractivity contribution >= 4 is 11.6 Å². The van der Waals surface area contributed by atoms with Gasteiger partial charge in [-0.2, -0.15) is 0 Å². The van der Waals surface area contributed by atoms with Gasteiger partial charge in [-0.3, -0.25) is 4.79 Å². The minimum Gasteiger partial charge on any atom is -0.377 e. The number of ether oxygens (including phenoxy) is 2. The molecule has 0 aromatic heterocycles. The van der Waals surface area contributed by atoms with Crippen LogP contribution in [0.5, 0.6) is 0 Å². The number of carbonyl (C=O) groups is 1. The van der Waals surface area contributed by atoms with Crippen LogP contribution < -0.4 is 5.32 Å². The molecule has 0 saturated carbocycles. The van der Waals surface area contributed by atoms with Crippen LogP contribution in [0.15, 0.2) is 24.3 Å². The lowest BCUT2D eigenvalue weighted by atomic mass is 10.1. The summed E-state index contributed by atoms with van der Waals surface area (Å²) in [5, 5.41) is 3.37. The van der Waals surface area contributed by atoms with Gasteiger partial charge in [0.25, 0.3) is 0 Å². The maximum absolute atomic E-state index is 11.3. The summed E-state index contributed by atoms with van der Waals surface area (Å²) < 4.78 is 10.5. The fourth-order valence-corrected chi connectivity index (χ4v) is 1.98. The molecule has 0 spiro atoms. The SMILES string of the molecule is COC(OC)C(C)Nc1ccccc1CN(C)C(C)=O. The number of benzene rings is 1. The highest BCUT2D eigenvalue weighted by Gasteiger charge is 2.17. The Morgan fingerprint density at radius 3 is 2.45 bits per heavy atom. The maximum Gasteiger partial charge on any atom is 0.219 e. The molecule has 0 aliphatic heterocycles. The summed E-state index contributed by atoms with van der Waals surface area (Å²) in [5.41, 5.74) is 2.04. The van der Waals surface area contributed by atoms with Gasteiger partial charge in [0, 0.05) is 40.4 Å². The number of para-hydroxylation sites is 1. The molecule has 0 bridgehead atoms. The summed E-state index contributed by atoms with van der Waals surface area (Å²) in [6.07, 6.45) is -0.325. The molecule has 112 valence electrons. The lowest BCUT2D eigenvalue weighted by Gasteiger charge is -2.25. The van der Waals surface area contributed by atoms with Crippen LogP contribution >= 0.6 is 0 Å². The first-order valence-electron chi connectivity index (χ1n) is 6.61. The molecule has 1 unspecified atom stereocenters. The van der Waals surface area contributed by atoms with Crippen LogP contribution in [0.25, 0.3) is 0 Å². The number of carbonyl (C=O) groups excluding carboxylic acids is 1. The molecule has 0 aliphatic carbocycles. The van der Waals surface area contributed by atoms with E-state index in [0.29, 0.717) is 6.54 Å². The van der Waals surface area contributed by atoms with Gasteiger partial charge in [0.05, 0.1) is 6.04 Å². The summed E-state index contributed by atoms with van der Waals surface area (Å²) >= 11 is 0. The molecule has 0 saturated heterocycles. The molecule has 0 radical (unpaired) electrons. The van der Waals surface area contributed by atoms with E-state index in [2.05, 4.69) is 5.32 Å². The lowest BCUT2D eigenvalue weighted by molar-refractivity contribution is -0.128. The predicted octanol–water partition coefficient (Wildman–Crippen LogP) is 2.08. The van der Waals surface area contributed by atoms with Gasteiger partial charge in [0.2, 0.25) is 5.91 Å². The first-order valence-corrected chi connectivity index (χ1v) is 6.61. The predicted molar refractivity (Wildman–Crippen MR) is 79.5 cm³/mol. The molecule has 1 N–H and O–H groups in total. The molecule has 5 heteroatoms. The minimum atomic E-state index is -0.325. The number of hydrogen-bond acceptors (Lipinski definition) is 4. The Morgan fingerprint density at radius 1 is 1.30 bits per heavy atom. The molecule has 0 aliphatic rings. The highest BCUT2D eigenvalue weighted by Crippen LogP contribution is 2.19. The fourth-order valence-electron chi connectivity index (χ4n) is 1.98. The number of anilines is 1. The van der Waals surface area contributed by atoms with Crippen molar-refractivity contribution in [3.05, 3.63) is 29.8 Å². The topological polar surface area (TPSA) is 50.8 Å². The highest BCUT2D eigenvalue weighted by atomic mass is 16.7. The van der Waals surface area contributed by atoms with E-state index in [1.54, 1.807) is 33.1 Å². The average molecular weight is 280 g/mol. The van der Waals surface area contributed by atoms with Crippen LogP contribution in [-0.2, 0) is 20.8 Å². The summed E-state index contributed by atoms with van der Waals surface area (Å²) in [6.45, 7) is 4.11. The molecular weight excluding hydrogens is 256 g/mol. The quantitative estimate of drug-likeness (QED) is 0.777. The lowest BCUT2D eigenvalue weighted by Crippen LogP contribution is -2.34. The third-order valence-electron chi connectivity index (χ3n) is 3.22. The van der Waals surface area contributed by atoms with E-state index in [4.69, 9.17) is 9.47 Å². The Kier molecular flexibility index (Phi) is 6.48. The Labute approximate surface area is 120 Å². The van der Waals surface area contributed by atoms with Crippen molar-refractivity contribution in [1.82, 2.24) is 4.90 Å². The Hall–Kier alpha value is -1.59. The van der Waals surface area contributed by atoms with Crippen molar-refractivity contribution in [1.29, 1.82) is 0 Å². The second-order valence-electron chi connectivity index (χ2n) is 4.81. The zero-order chi connectivity index (χ0) is 15.1. The van der Waals surface area contributed by atoms with E-state index in [1.165, 1.54) is 0 Å². The Bertz CT molecular complexity index is 433. The van der Waals surface area contributed by atoms with E-state index in [1.807, 2.05) is 31.2 Å². The van der Waals surface area contributed by atoms with E-state index in [9.17, 15) is 4.79 Å². The smallest absolute Gasteiger partial charge is 0.219 e. The van der Waals surface area contributed by atoms with Crippen LogP contribution in [0.4, 0.5) is 5.69 Å². The van der Waals surface area contributed by atoms with Gasteiger partial charge in [0.1, 0.15) is 0 Å². The molecule has 1 atom stereocenters. The third kappa shape index (κ3) is 4.51. The minimum absolute atomic E-state index is 0.00576. The van der Waals surface area contributed by atoms with Crippen molar-refractivity contribution in [2.24, 2.45) is 0 Å². The van der Waals surface area contributed by atoms with Gasteiger partial charge in [0.15, 0.2) is 6.29 Å². The van der Waals surface area contributed by atoms with Gasteiger partial charge < -0.3 is 19.7 Å². The first-order chi connectivity index (χ1) is 9.49. The van der Waals surface area contributed by atoms with Gasteiger partial charge in [-0.25, -0.2) is 0 Å². The first kappa shape index (κ1) is 16.5. The van der Waals surface area contributed by atoms with Gasteiger partial charge in [-0.15, -0.1) is 0 Å². The summed E-state index contributed by atoms with van der Waals surface area (Å²) in [6, 6.07) is 7.91. The van der Waals surface area contributed by atoms with Crippen LogP contribution in [0, 0.1) is 0 Å². The van der Waals surface area contributed by atoms with Crippen molar-refractivity contribution in [2.45, 2.75) is 32.7 Å². The molecule has 5 nitrogen and oxygen atoms in total. The Balaban J connectivity index is 2.82. The van der Waals surface area contributed by atoms with Crippen molar-refractivity contribution < 1.29 is 14.3 Å². The monoisotopic (exact) mass is 280 g/mol. The van der Waals surface area contributed by atoms with Crippen LogP contribution in [0.1, 0.15) is 19.4 Å². The molecule has 1 aromatic rings. The van der Waals surface area contributed by atoms with Crippen molar-refractivity contribution in [2.75, 3.05) is 26.6 Å². The zero-order valence-electron chi connectivity index (χ0n) is 12.8. The van der Waals surface area contributed by atoms with Gasteiger partial charge in [-0.1, -0.05) is 18.2 Å². The van der Waals surface area contributed by atoms with Gasteiger partial charge >= 0.3 is 0 Å². The Morgan fingerprint density at radius 2 is 1.90 bits per heavy atom. The van der Waals surface area contributed by atoms with E-state index in [0.717, 1.165) is 11.3 Å². The van der Waals surface area contributed by atoms with Crippen LogP contribution in [-0.4, -0.2) is 44.4 Å². The molecule has 20 heavy (non-hydrogen) atoms. The van der Waals surface area contributed by atoms with Crippen LogP contribution in [0.3, 0.4) is 0 Å². The molecule has 1 amide bonds. The largest absolute Gasteiger partial charge is 0.377 e. The van der Waals surface area contributed by atoms with E-state index < -0.39 is 0 Å². The molecule has 1 aromatic carbocycles. The molecule has 1 rings (SSSR count). The normalized spacial score (nSPS) is 12.3. The number of methoxy groups -OCH3 is 2. The van der Waals surface area contributed by atoms with E-state index >= 15 is 0 Å². The van der Waals surface area contributed by atoms with Crippen molar-refractivity contribution in [3.63, 3.8) is 0 Å². The summed E-state index contributed by atoms with van der Waals surface area (Å²) in [4.78, 5) is 13.0. The number of rotatable bonds is 7. The third-order valence-corrected chi connectivity index (χ3v) is 3.22. The molecule has 0 fully saturated rings. The average Bonchev–Trinajstić information content (AvgIpc) is 2.42. The molecule has 0 heterocycles. The summed E-state index contributed by atoms with van der Waals surface area (Å²) in [7, 11) is 5.01. The second-order valence-corrected chi connectivity index (χ2v) is 4.81. The highest BCUT2D eigenvalue weighted by molar-refractivity contribution is 5.73. The number of amides is 1.